The van der Waals surface area contributed by atoms with E-state index in [9.17, 15) is 9.59 Å². The van der Waals surface area contributed by atoms with Crippen LogP contribution in [0.25, 0.3) is 11.1 Å². The van der Waals surface area contributed by atoms with E-state index in [-0.39, 0.29) is 18.4 Å². The average molecular weight is 436 g/mol. The second kappa shape index (κ2) is 10.3. The molecule has 1 saturated heterocycles. The Morgan fingerprint density at radius 2 is 1.97 bits per heavy atom. The molecule has 2 aliphatic rings. The number of amides is 2. The highest BCUT2D eigenvalue weighted by atomic mass is 16.5. The summed E-state index contributed by atoms with van der Waals surface area (Å²) in [6.45, 7) is 1.17. The largest absolute Gasteiger partial charge is 0.361 e. The predicted molar refractivity (Wildman–Crippen MR) is 124 cm³/mol. The third-order valence-electron chi connectivity index (χ3n) is 6.83. The summed E-state index contributed by atoms with van der Waals surface area (Å²) in [6, 6.07) is 11.9. The summed E-state index contributed by atoms with van der Waals surface area (Å²) in [6.07, 6.45) is 10.5. The van der Waals surface area contributed by atoms with Gasteiger partial charge in [0.2, 0.25) is 5.91 Å². The minimum atomic E-state index is -1.10. The summed E-state index contributed by atoms with van der Waals surface area (Å²) < 4.78 is 6.16. The molecule has 2 aromatic rings. The molecule has 32 heavy (non-hydrogen) atoms. The molecule has 170 valence electrons. The van der Waals surface area contributed by atoms with Crippen LogP contribution in [0.4, 0.5) is 0 Å². The minimum Gasteiger partial charge on any atom is -0.361 e. The predicted octanol–water partition coefficient (Wildman–Crippen LogP) is 3.61. The maximum Gasteiger partial charge on any atom is 0.254 e. The fourth-order valence-corrected chi connectivity index (χ4v) is 5.10. The summed E-state index contributed by atoms with van der Waals surface area (Å²) in [4.78, 5) is 32.3. The van der Waals surface area contributed by atoms with Gasteiger partial charge in [-0.25, -0.2) is 0 Å². The first-order valence-electron chi connectivity index (χ1n) is 11.7. The average Bonchev–Trinajstić information content (AvgIpc) is 2.85. The molecule has 1 unspecified atom stereocenters. The van der Waals surface area contributed by atoms with Crippen LogP contribution >= 0.6 is 0 Å². The minimum absolute atomic E-state index is 0.147. The van der Waals surface area contributed by atoms with Gasteiger partial charge >= 0.3 is 0 Å². The maximum absolute atomic E-state index is 13.1. The molecule has 1 N–H and O–H groups in total. The quantitative estimate of drug-likeness (QED) is 0.753. The number of carbonyl (C=O) groups excluding carboxylic acids is 2. The van der Waals surface area contributed by atoms with Gasteiger partial charge in [-0.2, -0.15) is 0 Å². The van der Waals surface area contributed by atoms with E-state index in [4.69, 9.17) is 4.74 Å². The lowest BCUT2D eigenvalue weighted by Crippen LogP contribution is -2.61. The van der Waals surface area contributed by atoms with Crippen molar-refractivity contribution in [1.82, 2.24) is 15.2 Å². The van der Waals surface area contributed by atoms with Crippen LogP contribution in [0.5, 0.6) is 0 Å². The summed E-state index contributed by atoms with van der Waals surface area (Å²) in [7, 11) is 1.63. The number of benzene rings is 1. The number of nitrogens with one attached hydrogen (secondary N) is 1. The van der Waals surface area contributed by atoms with Crippen LogP contribution in [-0.4, -0.2) is 54.0 Å². The Hall–Kier alpha value is -2.73. The molecule has 2 fully saturated rings. The molecular weight excluding hydrogens is 402 g/mol. The van der Waals surface area contributed by atoms with E-state index >= 15 is 0 Å². The van der Waals surface area contributed by atoms with E-state index in [0.29, 0.717) is 31.9 Å². The highest BCUT2D eigenvalue weighted by Crippen LogP contribution is 2.32. The third kappa shape index (κ3) is 5.01. The topological polar surface area (TPSA) is 71.5 Å². The summed E-state index contributed by atoms with van der Waals surface area (Å²) in [5, 5.41) is 2.78. The summed E-state index contributed by atoms with van der Waals surface area (Å²) in [5.74, 6) is 0.433. The van der Waals surface area contributed by atoms with Crippen LogP contribution in [0.2, 0.25) is 0 Å². The van der Waals surface area contributed by atoms with Crippen molar-refractivity contribution in [3.8, 4) is 11.1 Å². The van der Waals surface area contributed by atoms with E-state index < -0.39 is 5.60 Å². The number of ether oxygens (including phenoxy) is 1. The van der Waals surface area contributed by atoms with Crippen LogP contribution < -0.4 is 5.32 Å². The van der Waals surface area contributed by atoms with Crippen molar-refractivity contribution >= 4 is 11.8 Å². The van der Waals surface area contributed by atoms with Crippen molar-refractivity contribution in [3.63, 3.8) is 0 Å². The Morgan fingerprint density at radius 1 is 1.16 bits per heavy atom. The van der Waals surface area contributed by atoms with Gasteiger partial charge in [-0.05, 0) is 36.0 Å². The molecule has 0 spiro atoms. The van der Waals surface area contributed by atoms with Crippen molar-refractivity contribution in [2.24, 2.45) is 5.92 Å². The molecule has 4 rings (SSSR count). The fraction of sp³-hybridized carbons (Fsp3) is 0.500. The third-order valence-corrected chi connectivity index (χ3v) is 6.83. The van der Waals surface area contributed by atoms with E-state index in [1.54, 1.807) is 13.2 Å². The SMILES string of the molecule is CNC(=O)C1(Cc2ccccc2-c2cccnc2)CN(C(=O)CC2CCCCC2)CCO1. The number of hydrogen-bond acceptors (Lipinski definition) is 4. The van der Waals surface area contributed by atoms with Gasteiger partial charge in [0, 0.05) is 44.4 Å². The monoisotopic (exact) mass is 435 g/mol. The van der Waals surface area contributed by atoms with Crippen LogP contribution in [-0.2, 0) is 20.7 Å². The van der Waals surface area contributed by atoms with Crippen molar-refractivity contribution in [3.05, 3.63) is 54.4 Å². The molecule has 2 amide bonds. The number of pyridine rings is 1. The normalized spacial score (nSPS) is 21.8. The maximum atomic E-state index is 13.1. The number of carbonyl (C=O) groups is 2. The van der Waals surface area contributed by atoms with E-state index in [2.05, 4.69) is 10.3 Å². The number of likely N-dealkylation sites (N-methyl/N-ethyl adjacent to an activating group) is 1. The van der Waals surface area contributed by atoms with E-state index in [1.807, 2.05) is 47.5 Å². The second-order valence-electron chi connectivity index (χ2n) is 9.02. The van der Waals surface area contributed by atoms with Crippen LogP contribution in [0, 0.1) is 5.92 Å². The van der Waals surface area contributed by atoms with E-state index in [0.717, 1.165) is 29.5 Å². The Morgan fingerprint density at radius 3 is 2.72 bits per heavy atom. The Labute approximate surface area is 190 Å². The molecule has 1 aromatic carbocycles. The lowest BCUT2D eigenvalue weighted by atomic mass is 9.85. The molecular formula is C26H33N3O3. The van der Waals surface area contributed by atoms with Crippen molar-refractivity contribution < 1.29 is 14.3 Å². The molecule has 1 aliphatic carbocycles. The van der Waals surface area contributed by atoms with Crippen LogP contribution in [0.1, 0.15) is 44.1 Å². The number of hydrogen-bond donors (Lipinski definition) is 1. The summed E-state index contributed by atoms with van der Waals surface area (Å²) in [5.41, 5.74) is 1.92. The van der Waals surface area contributed by atoms with Crippen molar-refractivity contribution in [2.75, 3.05) is 26.7 Å². The molecule has 1 saturated carbocycles. The smallest absolute Gasteiger partial charge is 0.254 e. The van der Waals surface area contributed by atoms with Crippen molar-refractivity contribution in [2.45, 2.75) is 50.5 Å². The number of nitrogens with zero attached hydrogens (tertiary/aromatic N) is 2. The number of aromatic nitrogens is 1. The van der Waals surface area contributed by atoms with Crippen LogP contribution in [0.15, 0.2) is 48.8 Å². The van der Waals surface area contributed by atoms with E-state index in [1.165, 1.54) is 19.3 Å². The highest BCUT2D eigenvalue weighted by Gasteiger charge is 2.45. The van der Waals surface area contributed by atoms with Gasteiger partial charge < -0.3 is 15.0 Å². The number of rotatable bonds is 6. The Bertz CT molecular complexity index is 927. The first-order valence-corrected chi connectivity index (χ1v) is 11.7. The van der Waals surface area contributed by atoms with Crippen molar-refractivity contribution in [1.29, 1.82) is 0 Å². The molecule has 0 radical (unpaired) electrons. The van der Waals surface area contributed by atoms with Gasteiger partial charge in [-0.1, -0.05) is 49.6 Å². The molecule has 0 bridgehead atoms. The van der Waals surface area contributed by atoms with Gasteiger partial charge in [-0.3, -0.25) is 14.6 Å². The van der Waals surface area contributed by atoms with Gasteiger partial charge in [0.05, 0.1) is 13.2 Å². The zero-order valence-corrected chi connectivity index (χ0v) is 18.9. The second-order valence-corrected chi connectivity index (χ2v) is 9.02. The molecule has 2 heterocycles. The Kier molecular flexibility index (Phi) is 7.20. The van der Waals surface area contributed by atoms with Gasteiger partial charge in [0.25, 0.3) is 5.91 Å². The Balaban J connectivity index is 1.57. The summed E-state index contributed by atoms with van der Waals surface area (Å²) >= 11 is 0. The standard InChI is InChI=1S/C26H33N3O3/c1-27-25(31)26(17-21-10-5-6-12-23(21)22-11-7-13-28-18-22)19-29(14-15-32-26)24(30)16-20-8-3-2-4-9-20/h5-7,10-13,18,20H,2-4,8-9,14-17,19H2,1H3,(H,27,31). The highest BCUT2D eigenvalue weighted by molar-refractivity contribution is 5.87. The molecule has 6 heteroatoms. The fourth-order valence-electron chi connectivity index (χ4n) is 5.10. The zero-order chi connectivity index (χ0) is 22.4. The molecule has 1 atom stereocenters. The lowest BCUT2D eigenvalue weighted by molar-refractivity contribution is -0.166. The van der Waals surface area contributed by atoms with Gasteiger partial charge in [0.15, 0.2) is 5.60 Å². The van der Waals surface area contributed by atoms with Gasteiger partial charge in [-0.15, -0.1) is 0 Å². The zero-order valence-electron chi connectivity index (χ0n) is 18.9. The molecule has 1 aromatic heterocycles. The first kappa shape index (κ1) is 22.5. The molecule has 1 aliphatic heterocycles. The number of morpholine rings is 1. The first-order chi connectivity index (χ1) is 15.6. The molecule has 6 nitrogen and oxygen atoms in total. The van der Waals surface area contributed by atoms with Gasteiger partial charge in [0.1, 0.15) is 0 Å². The lowest BCUT2D eigenvalue weighted by Gasteiger charge is -2.42. The van der Waals surface area contributed by atoms with Crippen LogP contribution in [0.3, 0.4) is 0 Å².